The average molecular weight is 213 g/mol. The van der Waals surface area contributed by atoms with E-state index >= 15 is 0 Å². The van der Waals surface area contributed by atoms with E-state index in [2.05, 4.69) is 5.32 Å². The van der Waals surface area contributed by atoms with Crippen LogP contribution in [0, 0.1) is 11.8 Å². The number of carbonyl (C=O) groups is 2. The molecule has 0 aromatic rings. The van der Waals surface area contributed by atoms with Crippen LogP contribution in [0.1, 0.15) is 39.0 Å². The second-order valence-corrected chi connectivity index (χ2v) is 4.43. The lowest BCUT2D eigenvalue weighted by atomic mass is 10.1. The maximum Gasteiger partial charge on any atom is 0.303 e. The third-order valence-corrected chi connectivity index (χ3v) is 2.87. The number of carboxylic acids is 1. The molecule has 1 aliphatic carbocycles. The zero-order valence-corrected chi connectivity index (χ0v) is 9.16. The minimum Gasteiger partial charge on any atom is -0.481 e. The summed E-state index contributed by atoms with van der Waals surface area (Å²) < 4.78 is 0. The third-order valence-electron chi connectivity index (χ3n) is 2.87. The van der Waals surface area contributed by atoms with Gasteiger partial charge < -0.3 is 10.4 Å². The number of nitrogens with one attached hydrogen (secondary N) is 1. The molecule has 0 aromatic carbocycles. The quantitative estimate of drug-likeness (QED) is 0.725. The van der Waals surface area contributed by atoms with Gasteiger partial charge in [-0.05, 0) is 18.8 Å². The maximum absolute atomic E-state index is 11.6. The summed E-state index contributed by atoms with van der Waals surface area (Å²) in [6, 6.07) is 0. The summed E-state index contributed by atoms with van der Waals surface area (Å²) in [6.45, 7) is 2.31. The number of hydrogen-bond acceptors (Lipinski definition) is 2. The largest absolute Gasteiger partial charge is 0.481 e. The predicted molar refractivity (Wildman–Crippen MR) is 56.4 cm³/mol. The Morgan fingerprint density at radius 3 is 2.53 bits per heavy atom. The summed E-state index contributed by atoms with van der Waals surface area (Å²) in [5.41, 5.74) is 0. The van der Waals surface area contributed by atoms with Gasteiger partial charge in [-0.15, -0.1) is 0 Å². The summed E-state index contributed by atoms with van der Waals surface area (Å²) in [5, 5.41) is 11.4. The number of carbonyl (C=O) groups excluding carboxylic acids is 1. The second kappa shape index (κ2) is 5.73. The molecule has 1 unspecified atom stereocenters. The zero-order chi connectivity index (χ0) is 11.3. The first-order chi connectivity index (χ1) is 7.09. The third kappa shape index (κ3) is 4.32. The van der Waals surface area contributed by atoms with Crippen LogP contribution in [0.2, 0.25) is 0 Å². The second-order valence-electron chi connectivity index (χ2n) is 4.43. The summed E-state index contributed by atoms with van der Waals surface area (Å²) in [7, 11) is 0. The van der Waals surface area contributed by atoms with E-state index in [9.17, 15) is 9.59 Å². The topological polar surface area (TPSA) is 66.4 Å². The van der Waals surface area contributed by atoms with Crippen molar-refractivity contribution in [3.05, 3.63) is 0 Å². The van der Waals surface area contributed by atoms with E-state index in [-0.39, 0.29) is 24.2 Å². The van der Waals surface area contributed by atoms with Gasteiger partial charge in [-0.2, -0.15) is 0 Å². The molecule has 1 aliphatic rings. The molecule has 0 saturated heterocycles. The van der Waals surface area contributed by atoms with Crippen molar-refractivity contribution in [2.45, 2.75) is 39.0 Å². The van der Waals surface area contributed by atoms with Crippen LogP contribution in [-0.2, 0) is 9.59 Å². The number of rotatable bonds is 5. The van der Waals surface area contributed by atoms with Crippen molar-refractivity contribution < 1.29 is 14.7 Å². The minimum absolute atomic E-state index is 0.00727. The molecule has 86 valence electrons. The van der Waals surface area contributed by atoms with Gasteiger partial charge in [-0.3, -0.25) is 9.59 Å². The molecule has 1 fully saturated rings. The fourth-order valence-electron chi connectivity index (χ4n) is 1.98. The highest BCUT2D eigenvalue weighted by Crippen LogP contribution is 2.24. The first-order valence-electron chi connectivity index (χ1n) is 5.59. The molecule has 1 rings (SSSR count). The first-order valence-corrected chi connectivity index (χ1v) is 5.59. The van der Waals surface area contributed by atoms with Gasteiger partial charge in [0.15, 0.2) is 0 Å². The fourth-order valence-corrected chi connectivity index (χ4v) is 1.98. The molecule has 0 spiro atoms. The molecule has 0 radical (unpaired) electrons. The van der Waals surface area contributed by atoms with Gasteiger partial charge in [0.2, 0.25) is 5.91 Å². The van der Waals surface area contributed by atoms with E-state index in [0.717, 1.165) is 25.7 Å². The van der Waals surface area contributed by atoms with Crippen LogP contribution in [0.5, 0.6) is 0 Å². The maximum atomic E-state index is 11.6. The molecule has 4 nitrogen and oxygen atoms in total. The monoisotopic (exact) mass is 213 g/mol. The lowest BCUT2D eigenvalue weighted by Gasteiger charge is -2.13. The molecule has 1 atom stereocenters. The van der Waals surface area contributed by atoms with Crippen molar-refractivity contribution in [1.29, 1.82) is 0 Å². The molecule has 4 heteroatoms. The Bertz CT molecular complexity index is 234. The Kier molecular flexibility index (Phi) is 4.59. The normalized spacial score (nSPS) is 18.7. The lowest BCUT2D eigenvalue weighted by molar-refractivity contribution is -0.138. The van der Waals surface area contributed by atoms with Gasteiger partial charge in [0.25, 0.3) is 0 Å². The Morgan fingerprint density at radius 2 is 2.00 bits per heavy atom. The van der Waals surface area contributed by atoms with Gasteiger partial charge in [0.05, 0.1) is 0 Å². The molecule has 0 bridgehead atoms. The van der Waals surface area contributed by atoms with Crippen LogP contribution in [0.15, 0.2) is 0 Å². The van der Waals surface area contributed by atoms with Crippen LogP contribution >= 0.6 is 0 Å². The molecule has 1 saturated carbocycles. The summed E-state index contributed by atoms with van der Waals surface area (Å²) in [6.07, 6.45) is 4.37. The Morgan fingerprint density at radius 1 is 1.40 bits per heavy atom. The van der Waals surface area contributed by atoms with Gasteiger partial charge in [0, 0.05) is 18.9 Å². The number of amides is 1. The molecule has 15 heavy (non-hydrogen) atoms. The van der Waals surface area contributed by atoms with E-state index in [1.165, 1.54) is 0 Å². The number of aliphatic carboxylic acids is 1. The van der Waals surface area contributed by atoms with E-state index in [1.807, 2.05) is 6.92 Å². The highest BCUT2D eigenvalue weighted by molar-refractivity contribution is 5.78. The smallest absolute Gasteiger partial charge is 0.303 e. The Balaban J connectivity index is 2.18. The van der Waals surface area contributed by atoms with E-state index in [4.69, 9.17) is 5.11 Å². The summed E-state index contributed by atoms with van der Waals surface area (Å²) >= 11 is 0. The van der Waals surface area contributed by atoms with Crippen LogP contribution in [0.4, 0.5) is 0 Å². The van der Waals surface area contributed by atoms with E-state index < -0.39 is 5.97 Å². The SMILES string of the molecule is CC(CNC(=O)C1CCCC1)CC(=O)O. The summed E-state index contributed by atoms with van der Waals surface area (Å²) in [5.74, 6) is -0.530. The van der Waals surface area contributed by atoms with E-state index in [0.29, 0.717) is 6.54 Å². The van der Waals surface area contributed by atoms with Crippen LogP contribution in [0.25, 0.3) is 0 Å². The van der Waals surface area contributed by atoms with Gasteiger partial charge in [0.1, 0.15) is 0 Å². The van der Waals surface area contributed by atoms with E-state index in [1.54, 1.807) is 0 Å². The van der Waals surface area contributed by atoms with Crippen molar-refractivity contribution in [2.24, 2.45) is 11.8 Å². The predicted octanol–water partition coefficient (Wildman–Crippen LogP) is 1.40. The van der Waals surface area contributed by atoms with Crippen molar-refractivity contribution in [3.8, 4) is 0 Å². The first kappa shape index (κ1) is 12.0. The minimum atomic E-state index is -0.808. The average Bonchev–Trinajstić information content (AvgIpc) is 2.65. The van der Waals surface area contributed by atoms with Crippen LogP contribution < -0.4 is 5.32 Å². The van der Waals surface area contributed by atoms with Crippen molar-refractivity contribution in [3.63, 3.8) is 0 Å². The molecule has 0 heterocycles. The van der Waals surface area contributed by atoms with Crippen molar-refractivity contribution in [1.82, 2.24) is 5.32 Å². The number of hydrogen-bond donors (Lipinski definition) is 2. The highest BCUT2D eigenvalue weighted by atomic mass is 16.4. The van der Waals surface area contributed by atoms with Crippen molar-refractivity contribution in [2.75, 3.05) is 6.54 Å². The van der Waals surface area contributed by atoms with Gasteiger partial charge in [-0.25, -0.2) is 0 Å². The Hall–Kier alpha value is -1.06. The van der Waals surface area contributed by atoms with Gasteiger partial charge >= 0.3 is 5.97 Å². The van der Waals surface area contributed by atoms with Gasteiger partial charge in [-0.1, -0.05) is 19.8 Å². The highest BCUT2D eigenvalue weighted by Gasteiger charge is 2.22. The van der Waals surface area contributed by atoms with Crippen LogP contribution in [0.3, 0.4) is 0 Å². The molecular formula is C11H19NO3. The molecule has 2 N–H and O–H groups in total. The molecular weight excluding hydrogens is 194 g/mol. The number of carboxylic acid groups (broad SMARTS) is 1. The summed E-state index contributed by atoms with van der Waals surface area (Å²) in [4.78, 5) is 22.0. The fraction of sp³-hybridized carbons (Fsp3) is 0.818. The molecule has 0 aromatic heterocycles. The zero-order valence-electron chi connectivity index (χ0n) is 9.16. The lowest BCUT2D eigenvalue weighted by Crippen LogP contribution is -2.33. The molecule has 0 aliphatic heterocycles. The standard InChI is InChI=1S/C11H19NO3/c1-8(6-10(13)14)7-12-11(15)9-4-2-3-5-9/h8-9H,2-7H2,1H3,(H,12,15)(H,13,14). The van der Waals surface area contributed by atoms with Crippen LogP contribution in [-0.4, -0.2) is 23.5 Å². The molecule has 1 amide bonds. The van der Waals surface area contributed by atoms with Crippen molar-refractivity contribution >= 4 is 11.9 Å². The Labute approximate surface area is 90.0 Å².